The molecule has 6 heteroatoms. The van der Waals surface area contributed by atoms with Crippen LogP contribution in [-0.4, -0.2) is 13.7 Å². The molecule has 0 bridgehead atoms. The standard InChI is InChI=1S/C22H25F3O3/c1-5-6-14-7-8-17(27-11-14)16-10-15-9-12(2)21(18(23)13(3)26-4)28-22(15)20(25)19(16)24/h10,14,17H,2-3,5-9,11H2,1,4H3/b21-18-. The van der Waals surface area contributed by atoms with Crippen molar-refractivity contribution in [2.45, 2.75) is 45.1 Å². The molecule has 0 saturated carbocycles. The van der Waals surface area contributed by atoms with Gasteiger partial charge in [0.05, 0.1) is 19.8 Å². The van der Waals surface area contributed by atoms with E-state index in [1.807, 2.05) is 0 Å². The second-order valence-corrected chi connectivity index (χ2v) is 7.29. The largest absolute Gasteiger partial charge is 0.494 e. The van der Waals surface area contributed by atoms with Crippen LogP contribution < -0.4 is 4.74 Å². The van der Waals surface area contributed by atoms with E-state index in [2.05, 4.69) is 20.1 Å². The minimum absolute atomic E-state index is 0.129. The normalized spacial score (nSPS) is 23.7. The molecule has 2 atom stereocenters. The van der Waals surface area contributed by atoms with Gasteiger partial charge in [0.1, 0.15) is 0 Å². The van der Waals surface area contributed by atoms with Crippen molar-refractivity contribution in [3.05, 3.63) is 64.9 Å². The average molecular weight is 394 g/mol. The zero-order valence-electron chi connectivity index (χ0n) is 16.2. The lowest BCUT2D eigenvalue weighted by atomic mass is 9.89. The van der Waals surface area contributed by atoms with Crippen LogP contribution in [0.15, 0.2) is 42.1 Å². The van der Waals surface area contributed by atoms with Crippen LogP contribution in [-0.2, 0) is 15.9 Å². The predicted octanol–water partition coefficient (Wildman–Crippen LogP) is 6.06. The van der Waals surface area contributed by atoms with Gasteiger partial charge in [0.15, 0.2) is 23.1 Å². The van der Waals surface area contributed by atoms with Gasteiger partial charge in [0.2, 0.25) is 11.6 Å². The van der Waals surface area contributed by atoms with Gasteiger partial charge in [-0.25, -0.2) is 4.39 Å². The highest BCUT2D eigenvalue weighted by Gasteiger charge is 2.32. The number of methoxy groups -OCH3 is 1. The molecule has 2 heterocycles. The first kappa shape index (κ1) is 20.5. The molecule has 1 saturated heterocycles. The Morgan fingerprint density at radius 1 is 1.29 bits per heavy atom. The van der Waals surface area contributed by atoms with Crippen molar-refractivity contribution >= 4 is 0 Å². The molecule has 1 aromatic carbocycles. The summed E-state index contributed by atoms with van der Waals surface area (Å²) in [4.78, 5) is 0. The smallest absolute Gasteiger partial charge is 0.207 e. The van der Waals surface area contributed by atoms with Crippen molar-refractivity contribution in [2.24, 2.45) is 5.92 Å². The Labute approximate surface area is 163 Å². The average Bonchev–Trinajstić information content (AvgIpc) is 2.70. The zero-order valence-corrected chi connectivity index (χ0v) is 16.2. The van der Waals surface area contributed by atoms with E-state index in [1.54, 1.807) is 6.07 Å². The lowest BCUT2D eigenvalue weighted by Gasteiger charge is -2.31. The first-order valence-corrected chi connectivity index (χ1v) is 9.48. The fourth-order valence-corrected chi connectivity index (χ4v) is 3.75. The molecule has 0 radical (unpaired) electrons. The number of fused-ring (bicyclic) bond motifs is 1. The maximum atomic E-state index is 14.8. The van der Waals surface area contributed by atoms with Crippen LogP contribution in [0.2, 0.25) is 0 Å². The highest BCUT2D eigenvalue weighted by molar-refractivity contribution is 5.51. The summed E-state index contributed by atoms with van der Waals surface area (Å²) in [6.45, 7) is 9.86. The van der Waals surface area contributed by atoms with Crippen LogP contribution in [0, 0.1) is 17.6 Å². The van der Waals surface area contributed by atoms with Crippen LogP contribution in [0.4, 0.5) is 13.2 Å². The van der Waals surface area contributed by atoms with Crippen LogP contribution in [0.5, 0.6) is 5.75 Å². The number of hydrogen-bond acceptors (Lipinski definition) is 3. The third kappa shape index (κ3) is 3.83. The van der Waals surface area contributed by atoms with E-state index in [1.165, 1.54) is 7.11 Å². The van der Waals surface area contributed by atoms with E-state index < -0.39 is 23.6 Å². The Hall–Kier alpha value is -2.21. The summed E-state index contributed by atoms with van der Waals surface area (Å²) in [5, 5.41) is 0. The van der Waals surface area contributed by atoms with E-state index in [0.29, 0.717) is 30.1 Å². The van der Waals surface area contributed by atoms with Crippen molar-refractivity contribution in [3.8, 4) is 5.75 Å². The minimum atomic E-state index is -1.15. The molecule has 1 aromatic rings. The fraction of sp³-hybridized carbons (Fsp3) is 0.455. The Morgan fingerprint density at radius 3 is 2.64 bits per heavy atom. The monoisotopic (exact) mass is 394 g/mol. The van der Waals surface area contributed by atoms with Crippen molar-refractivity contribution in [1.82, 2.24) is 0 Å². The van der Waals surface area contributed by atoms with Crippen LogP contribution >= 0.6 is 0 Å². The van der Waals surface area contributed by atoms with E-state index >= 15 is 0 Å². The lowest BCUT2D eigenvalue weighted by Crippen LogP contribution is -2.22. The molecule has 1 fully saturated rings. The second-order valence-electron chi connectivity index (χ2n) is 7.29. The van der Waals surface area contributed by atoms with Crippen molar-refractivity contribution in [2.75, 3.05) is 13.7 Å². The third-order valence-corrected chi connectivity index (χ3v) is 5.30. The van der Waals surface area contributed by atoms with Gasteiger partial charge in [-0.3, -0.25) is 0 Å². The SMILES string of the molecule is C=C(OC)/C(F)=C1/Oc2c(cc(C3CCC(CCC)CO3)c(F)c2F)CC1=C. The van der Waals surface area contributed by atoms with Gasteiger partial charge in [0, 0.05) is 17.5 Å². The summed E-state index contributed by atoms with van der Waals surface area (Å²) in [7, 11) is 1.25. The summed E-state index contributed by atoms with van der Waals surface area (Å²) < 4.78 is 59.8. The summed E-state index contributed by atoms with van der Waals surface area (Å²) in [6, 6.07) is 1.55. The molecule has 0 spiro atoms. The maximum absolute atomic E-state index is 14.8. The molecule has 0 amide bonds. The number of rotatable bonds is 5. The van der Waals surface area contributed by atoms with Gasteiger partial charge in [-0.2, -0.15) is 8.78 Å². The van der Waals surface area contributed by atoms with E-state index in [0.717, 1.165) is 19.3 Å². The summed E-state index contributed by atoms with van der Waals surface area (Å²) in [5.74, 6) is -3.49. The highest BCUT2D eigenvalue weighted by Crippen LogP contribution is 2.42. The van der Waals surface area contributed by atoms with Crippen molar-refractivity contribution in [1.29, 1.82) is 0 Å². The van der Waals surface area contributed by atoms with E-state index in [9.17, 15) is 13.2 Å². The van der Waals surface area contributed by atoms with Gasteiger partial charge < -0.3 is 14.2 Å². The molecule has 152 valence electrons. The number of halogens is 3. The molecule has 0 N–H and O–H groups in total. The highest BCUT2D eigenvalue weighted by atomic mass is 19.2. The van der Waals surface area contributed by atoms with Gasteiger partial charge in [-0.1, -0.05) is 26.5 Å². The number of hydrogen-bond donors (Lipinski definition) is 0. The van der Waals surface area contributed by atoms with Gasteiger partial charge in [-0.15, -0.1) is 0 Å². The van der Waals surface area contributed by atoms with Gasteiger partial charge in [-0.05, 0) is 36.8 Å². The summed E-state index contributed by atoms with van der Waals surface area (Å²) in [6.07, 6.45) is 3.32. The summed E-state index contributed by atoms with van der Waals surface area (Å²) >= 11 is 0. The Morgan fingerprint density at radius 2 is 2.04 bits per heavy atom. The van der Waals surface area contributed by atoms with Crippen molar-refractivity contribution in [3.63, 3.8) is 0 Å². The molecule has 2 aliphatic rings. The van der Waals surface area contributed by atoms with Crippen LogP contribution in [0.3, 0.4) is 0 Å². The zero-order chi connectivity index (χ0) is 20.4. The molecule has 2 aliphatic heterocycles. The molecule has 0 aliphatic carbocycles. The summed E-state index contributed by atoms with van der Waals surface area (Å²) in [5.41, 5.74) is 0.891. The van der Waals surface area contributed by atoms with E-state index in [-0.39, 0.29) is 29.3 Å². The molecule has 3 rings (SSSR count). The van der Waals surface area contributed by atoms with Gasteiger partial charge in [0.25, 0.3) is 0 Å². The Kier molecular flexibility index (Phi) is 6.18. The quantitative estimate of drug-likeness (QED) is 0.568. The molecule has 2 unspecified atom stereocenters. The molecule has 3 nitrogen and oxygen atoms in total. The molecular formula is C22H25F3O3. The van der Waals surface area contributed by atoms with Gasteiger partial charge >= 0.3 is 0 Å². The Bertz CT molecular complexity index is 821. The van der Waals surface area contributed by atoms with Crippen molar-refractivity contribution < 1.29 is 27.4 Å². The predicted molar refractivity (Wildman–Crippen MR) is 100 cm³/mol. The molecular weight excluding hydrogens is 369 g/mol. The third-order valence-electron chi connectivity index (χ3n) is 5.30. The fourth-order valence-electron chi connectivity index (χ4n) is 3.75. The number of ether oxygens (including phenoxy) is 3. The lowest BCUT2D eigenvalue weighted by molar-refractivity contribution is -0.0215. The second kappa shape index (κ2) is 8.43. The number of allylic oxidation sites excluding steroid dienone is 2. The van der Waals surface area contributed by atoms with Crippen LogP contribution in [0.25, 0.3) is 0 Å². The van der Waals surface area contributed by atoms with Crippen LogP contribution in [0.1, 0.15) is 49.8 Å². The molecule has 28 heavy (non-hydrogen) atoms. The minimum Gasteiger partial charge on any atom is -0.494 e. The molecule has 0 aromatic heterocycles. The number of benzene rings is 1. The maximum Gasteiger partial charge on any atom is 0.207 e. The first-order chi connectivity index (χ1) is 13.4. The topological polar surface area (TPSA) is 27.7 Å². The van der Waals surface area contributed by atoms with E-state index in [4.69, 9.17) is 14.2 Å². The first-order valence-electron chi connectivity index (χ1n) is 9.48. The Balaban J connectivity index is 1.91.